The maximum atomic E-state index is 11.3. The summed E-state index contributed by atoms with van der Waals surface area (Å²) in [5, 5.41) is 4.41. The van der Waals surface area contributed by atoms with Crippen LogP contribution in [-0.4, -0.2) is 28.8 Å². The molecule has 0 spiro atoms. The SMILES string of the molecule is Cc1nn(C)c(N2CCCC(C(N)=O)C2)c1CN. The number of carbonyl (C=O) groups excluding carboxylic acids is 1. The summed E-state index contributed by atoms with van der Waals surface area (Å²) in [6.07, 6.45) is 1.85. The molecule has 1 saturated heterocycles. The molecule has 2 heterocycles. The highest BCUT2D eigenvalue weighted by Crippen LogP contribution is 2.27. The van der Waals surface area contributed by atoms with Crippen LogP contribution in [0.2, 0.25) is 0 Å². The van der Waals surface area contributed by atoms with E-state index in [1.165, 1.54) is 0 Å². The Morgan fingerprint density at radius 3 is 2.89 bits per heavy atom. The van der Waals surface area contributed by atoms with Gasteiger partial charge in [0.2, 0.25) is 5.91 Å². The Bertz CT molecular complexity index is 454. The number of aryl methyl sites for hydroxylation is 2. The van der Waals surface area contributed by atoms with Crippen molar-refractivity contribution in [2.75, 3.05) is 18.0 Å². The smallest absolute Gasteiger partial charge is 0.222 e. The van der Waals surface area contributed by atoms with Gasteiger partial charge in [0.05, 0.1) is 11.6 Å². The van der Waals surface area contributed by atoms with Crippen molar-refractivity contribution in [3.63, 3.8) is 0 Å². The summed E-state index contributed by atoms with van der Waals surface area (Å²) in [6, 6.07) is 0. The second kappa shape index (κ2) is 4.97. The molecule has 0 aromatic carbocycles. The Hall–Kier alpha value is -1.56. The number of anilines is 1. The number of carbonyl (C=O) groups is 1. The van der Waals surface area contributed by atoms with Gasteiger partial charge in [0.15, 0.2) is 0 Å². The molecule has 1 amide bonds. The third kappa shape index (κ3) is 2.20. The van der Waals surface area contributed by atoms with Gasteiger partial charge in [0.1, 0.15) is 5.82 Å². The van der Waals surface area contributed by atoms with Crippen LogP contribution in [0.1, 0.15) is 24.1 Å². The summed E-state index contributed by atoms with van der Waals surface area (Å²) in [6.45, 7) is 4.02. The van der Waals surface area contributed by atoms with E-state index in [0.29, 0.717) is 13.1 Å². The molecule has 1 aromatic heterocycles. The molecule has 6 heteroatoms. The number of amides is 1. The van der Waals surface area contributed by atoms with Crippen LogP contribution >= 0.6 is 0 Å². The van der Waals surface area contributed by atoms with Gasteiger partial charge in [0, 0.05) is 32.2 Å². The van der Waals surface area contributed by atoms with Gasteiger partial charge in [-0.1, -0.05) is 0 Å². The van der Waals surface area contributed by atoms with Gasteiger partial charge in [-0.15, -0.1) is 0 Å². The molecule has 2 rings (SSSR count). The molecule has 1 aliphatic rings. The van der Waals surface area contributed by atoms with Crippen molar-refractivity contribution in [3.05, 3.63) is 11.3 Å². The summed E-state index contributed by atoms with van der Waals surface area (Å²) < 4.78 is 1.85. The molecule has 100 valence electrons. The topological polar surface area (TPSA) is 90.2 Å². The van der Waals surface area contributed by atoms with E-state index in [-0.39, 0.29) is 11.8 Å². The number of nitrogens with two attached hydrogens (primary N) is 2. The largest absolute Gasteiger partial charge is 0.369 e. The third-order valence-electron chi connectivity index (χ3n) is 3.64. The molecule has 1 atom stereocenters. The fourth-order valence-electron chi connectivity index (χ4n) is 2.73. The van der Waals surface area contributed by atoms with E-state index in [4.69, 9.17) is 11.5 Å². The molecule has 6 nitrogen and oxygen atoms in total. The highest BCUT2D eigenvalue weighted by atomic mass is 16.1. The Kier molecular flexibility index (Phi) is 3.56. The summed E-state index contributed by atoms with van der Waals surface area (Å²) in [7, 11) is 1.91. The zero-order valence-corrected chi connectivity index (χ0v) is 11.0. The average Bonchev–Trinajstić information content (AvgIpc) is 2.63. The maximum absolute atomic E-state index is 11.3. The van der Waals surface area contributed by atoms with Gasteiger partial charge in [-0.05, 0) is 19.8 Å². The third-order valence-corrected chi connectivity index (χ3v) is 3.64. The highest BCUT2D eigenvalue weighted by Gasteiger charge is 2.27. The molecule has 1 aromatic rings. The first-order valence-electron chi connectivity index (χ1n) is 6.31. The van der Waals surface area contributed by atoms with Crippen molar-refractivity contribution in [1.82, 2.24) is 9.78 Å². The van der Waals surface area contributed by atoms with Crippen LogP contribution < -0.4 is 16.4 Å². The zero-order valence-electron chi connectivity index (χ0n) is 11.0. The molecule has 1 aliphatic heterocycles. The number of hydrogen-bond donors (Lipinski definition) is 2. The first-order chi connectivity index (χ1) is 8.54. The van der Waals surface area contributed by atoms with E-state index >= 15 is 0 Å². The molecule has 0 saturated carbocycles. The maximum Gasteiger partial charge on any atom is 0.222 e. The Morgan fingerprint density at radius 2 is 2.28 bits per heavy atom. The molecule has 4 N–H and O–H groups in total. The van der Waals surface area contributed by atoms with Crippen LogP contribution in [-0.2, 0) is 18.4 Å². The van der Waals surface area contributed by atoms with Gasteiger partial charge in [0.25, 0.3) is 0 Å². The number of aromatic nitrogens is 2. The minimum absolute atomic E-state index is 0.0698. The number of primary amides is 1. The summed E-state index contributed by atoms with van der Waals surface area (Å²) >= 11 is 0. The summed E-state index contributed by atoms with van der Waals surface area (Å²) in [4.78, 5) is 13.5. The van der Waals surface area contributed by atoms with Crippen LogP contribution in [0.5, 0.6) is 0 Å². The quantitative estimate of drug-likeness (QED) is 0.784. The van der Waals surface area contributed by atoms with Crippen molar-refractivity contribution in [3.8, 4) is 0 Å². The van der Waals surface area contributed by atoms with E-state index in [9.17, 15) is 4.79 Å². The Balaban J connectivity index is 2.28. The molecule has 0 aliphatic carbocycles. The molecular formula is C12H21N5O. The van der Waals surface area contributed by atoms with Crippen LogP contribution in [0, 0.1) is 12.8 Å². The van der Waals surface area contributed by atoms with Gasteiger partial charge < -0.3 is 16.4 Å². The predicted octanol–water partition coefficient (Wildman–Crippen LogP) is -0.111. The number of piperidine rings is 1. The first-order valence-corrected chi connectivity index (χ1v) is 6.31. The van der Waals surface area contributed by atoms with Gasteiger partial charge >= 0.3 is 0 Å². The van der Waals surface area contributed by atoms with Crippen molar-refractivity contribution in [1.29, 1.82) is 0 Å². The molecule has 1 fully saturated rings. The Morgan fingerprint density at radius 1 is 1.56 bits per heavy atom. The molecule has 0 bridgehead atoms. The molecule has 18 heavy (non-hydrogen) atoms. The van der Waals surface area contributed by atoms with E-state index in [1.807, 2.05) is 18.7 Å². The molecular weight excluding hydrogens is 230 g/mol. The highest BCUT2D eigenvalue weighted by molar-refractivity contribution is 5.77. The minimum atomic E-state index is -0.215. The fraction of sp³-hybridized carbons (Fsp3) is 0.667. The fourth-order valence-corrected chi connectivity index (χ4v) is 2.73. The van der Waals surface area contributed by atoms with Crippen LogP contribution in [0.3, 0.4) is 0 Å². The van der Waals surface area contributed by atoms with E-state index in [0.717, 1.165) is 36.5 Å². The second-order valence-corrected chi connectivity index (χ2v) is 4.90. The number of hydrogen-bond acceptors (Lipinski definition) is 4. The van der Waals surface area contributed by atoms with Crippen molar-refractivity contribution in [2.45, 2.75) is 26.3 Å². The predicted molar refractivity (Wildman–Crippen MR) is 70.0 cm³/mol. The summed E-state index contributed by atoms with van der Waals surface area (Å²) in [5.74, 6) is 0.744. The summed E-state index contributed by atoms with van der Waals surface area (Å²) in [5.41, 5.74) is 13.2. The first kappa shape index (κ1) is 12.9. The van der Waals surface area contributed by atoms with Crippen LogP contribution in [0.25, 0.3) is 0 Å². The standard InChI is InChI=1S/C12H21N5O/c1-8-10(6-13)12(16(2)15-8)17-5-3-4-9(7-17)11(14)18/h9H,3-7,13H2,1-2H3,(H2,14,18). The molecule has 0 radical (unpaired) electrons. The van der Waals surface area contributed by atoms with Gasteiger partial charge in [-0.2, -0.15) is 5.10 Å². The monoisotopic (exact) mass is 251 g/mol. The molecule has 1 unspecified atom stereocenters. The van der Waals surface area contributed by atoms with Gasteiger partial charge in [-0.3, -0.25) is 9.48 Å². The average molecular weight is 251 g/mol. The zero-order chi connectivity index (χ0) is 13.3. The lowest BCUT2D eigenvalue weighted by molar-refractivity contribution is -0.122. The van der Waals surface area contributed by atoms with Crippen LogP contribution in [0.4, 0.5) is 5.82 Å². The lowest BCUT2D eigenvalue weighted by Crippen LogP contribution is -2.42. The lowest BCUT2D eigenvalue weighted by atomic mass is 9.97. The normalized spacial score (nSPS) is 20.2. The van der Waals surface area contributed by atoms with Crippen molar-refractivity contribution in [2.24, 2.45) is 24.4 Å². The van der Waals surface area contributed by atoms with E-state index in [2.05, 4.69) is 10.00 Å². The second-order valence-electron chi connectivity index (χ2n) is 4.90. The van der Waals surface area contributed by atoms with E-state index in [1.54, 1.807) is 0 Å². The van der Waals surface area contributed by atoms with Gasteiger partial charge in [-0.25, -0.2) is 0 Å². The van der Waals surface area contributed by atoms with Crippen molar-refractivity contribution < 1.29 is 4.79 Å². The number of nitrogens with zero attached hydrogens (tertiary/aromatic N) is 3. The minimum Gasteiger partial charge on any atom is -0.369 e. The van der Waals surface area contributed by atoms with Crippen LogP contribution in [0.15, 0.2) is 0 Å². The Labute approximate surface area is 107 Å². The van der Waals surface area contributed by atoms with E-state index < -0.39 is 0 Å². The van der Waals surface area contributed by atoms with Crippen molar-refractivity contribution >= 4 is 11.7 Å². The number of rotatable bonds is 3. The lowest BCUT2D eigenvalue weighted by Gasteiger charge is -2.33.